The van der Waals surface area contributed by atoms with Crippen molar-refractivity contribution in [2.24, 2.45) is 0 Å². The first-order valence-corrected chi connectivity index (χ1v) is 9.40. The average Bonchev–Trinajstić information content (AvgIpc) is 2.71. The molecule has 0 amide bonds. The van der Waals surface area contributed by atoms with Crippen molar-refractivity contribution in [2.75, 3.05) is 0 Å². The summed E-state index contributed by atoms with van der Waals surface area (Å²) in [5, 5.41) is 19.4. The van der Waals surface area contributed by atoms with Crippen LogP contribution in [0.25, 0.3) is 0 Å². The van der Waals surface area contributed by atoms with Crippen molar-refractivity contribution in [3.05, 3.63) is 30.3 Å². The van der Waals surface area contributed by atoms with E-state index in [2.05, 4.69) is 32.0 Å². The molecule has 114 valence electrons. The van der Waals surface area contributed by atoms with Gasteiger partial charge in [-0.1, -0.05) is 0 Å². The quantitative estimate of drug-likeness (QED) is 0.800. The van der Waals surface area contributed by atoms with E-state index < -0.39 is 6.10 Å². The van der Waals surface area contributed by atoms with E-state index >= 15 is 0 Å². The number of rotatable bonds is 6. The van der Waals surface area contributed by atoms with Crippen LogP contribution < -0.4 is 4.46 Å². The van der Waals surface area contributed by atoms with Crippen LogP contribution in [0.2, 0.25) is 4.82 Å². The molecule has 0 saturated carbocycles. The zero-order valence-electron chi connectivity index (χ0n) is 12.7. The average molecular weight is 352 g/mol. The van der Waals surface area contributed by atoms with Gasteiger partial charge in [-0.25, -0.2) is 0 Å². The SMILES string of the molecule is CCC[C@@]1(C)O[C@@H](CCC#N)[C@H](O)[C@H]1[Se]c1ccccc1. The number of nitrogens with zero attached hydrogens (tertiary/aromatic N) is 1. The fourth-order valence-electron chi connectivity index (χ4n) is 3.01. The van der Waals surface area contributed by atoms with Crippen LogP contribution in [-0.2, 0) is 4.74 Å². The maximum atomic E-state index is 10.7. The van der Waals surface area contributed by atoms with Gasteiger partial charge >= 0.3 is 133 Å². The van der Waals surface area contributed by atoms with Gasteiger partial charge in [0.2, 0.25) is 0 Å². The number of aliphatic hydroxyl groups excluding tert-OH is 1. The maximum absolute atomic E-state index is 10.7. The normalized spacial score (nSPS) is 32.0. The molecule has 2 rings (SSSR count). The second-order valence-corrected chi connectivity index (χ2v) is 8.31. The first-order chi connectivity index (χ1) is 10.1. The molecule has 0 unspecified atom stereocenters. The van der Waals surface area contributed by atoms with Gasteiger partial charge < -0.3 is 0 Å². The van der Waals surface area contributed by atoms with Crippen LogP contribution in [0.4, 0.5) is 0 Å². The van der Waals surface area contributed by atoms with Crippen molar-refractivity contribution in [1.82, 2.24) is 0 Å². The summed E-state index contributed by atoms with van der Waals surface area (Å²) in [4.78, 5) is 0.149. The Bertz CT molecular complexity index is 487. The molecule has 1 aliphatic heterocycles. The summed E-state index contributed by atoms with van der Waals surface area (Å²) < 4.78 is 7.50. The molecule has 1 heterocycles. The zero-order chi connectivity index (χ0) is 15.3. The molecule has 1 aromatic rings. The molecule has 0 radical (unpaired) electrons. The standard InChI is InChI=1S/C17H23NO2Se/c1-3-11-17(2)16(21-13-8-5-4-6-9-13)15(19)14(20-17)10-7-12-18/h4-6,8-9,14-16,19H,3,7,10-11H2,1-2H3/t14-,15-,16+,17+/m0/s1. The van der Waals surface area contributed by atoms with Gasteiger partial charge in [-0.05, 0) is 0 Å². The molecule has 1 saturated heterocycles. The Morgan fingerprint density at radius 3 is 2.71 bits per heavy atom. The summed E-state index contributed by atoms with van der Waals surface area (Å²) in [7, 11) is 0. The summed E-state index contributed by atoms with van der Waals surface area (Å²) in [5.74, 6) is 0. The Labute approximate surface area is 133 Å². The van der Waals surface area contributed by atoms with E-state index in [-0.39, 0.29) is 31.5 Å². The van der Waals surface area contributed by atoms with E-state index in [4.69, 9.17) is 10.00 Å². The molecule has 1 fully saturated rings. The van der Waals surface area contributed by atoms with Crippen molar-refractivity contribution >= 4 is 19.4 Å². The predicted octanol–water partition coefficient (Wildman–Crippen LogP) is 2.43. The van der Waals surface area contributed by atoms with Crippen molar-refractivity contribution < 1.29 is 9.84 Å². The Morgan fingerprint density at radius 2 is 2.10 bits per heavy atom. The van der Waals surface area contributed by atoms with Crippen LogP contribution in [-0.4, -0.2) is 37.9 Å². The van der Waals surface area contributed by atoms with Gasteiger partial charge in [0.25, 0.3) is 0 Å². The molecular weight excluding hydrogens is 329 g/mol. The number of ether oxygens (including phenoxy) is 1. The summed E-state index contributed by atoms with van der Waals surface area (Å²) in [6, 6.07) is 12.5. The summed E-state index contributed by atoms with van der Waals surface area (Å²) in [6.07, 6.45) is 2.39. The summed E-state index contributed by atoms with van der Waals surface area (Å²) in [5.41, 5.74) is -0.274. The van der Waals surface area contributed by atoms with E-state index in [9.17, 15) is 5.11 Å². The Kier molecular flexibility index (Phi) is 5.84. The Morgan fingerprint density at radius 1 is 1.38 bits per heavy atom. The van der Waals surface area contributed by atoms with Gasteiger partial charge in [0.1, 0.15) is 0 Å². The molecule has 0 aliphatic carbocycles. The number of aliphatic hydroxyl groups is 1. The van der Waals surface area contributed by atoms with Crippen LogP contribution >= 0.6 is 0 Å². The minimum atomic E-state index is -0.463. The Hall–Kier alpha value is -0.851. The number of hydrogen-bond acceptors (Lipinski definition) is 3. The second-order valence-electron chi connectivity index (χ2n) is 5.76. The third-order valence-electron chi connectivity index (χ3n) is 4.01. The van der Waals surface area contributed by atoms with Crippen molar-refractivity contribution in [3.63, 3.8) is 0 Å². The molecule has 1 aliphatic rings. The third-order valence-corrected chi connectivity index (χ3v) is 7.31. The van der Waals surface area contributed by atoms with Crippen LogP contribution in [0, 0.1) is 11.3 Å². The van der Waals surface area contributed by atoms with Crippen molar-refractivity contribution in [1.29, 1.82) is 5.26 Å². The van der Waals surface area contributed by atoms with Gasteiger partial charge in [0.15, 0.2) is 0 Å². The van der Waals surface area contributed by atoms with E-state index in [1.54, 1.807) is 0 Å². The van der Waals surface area contributed by atoms with Crippen molar-refractivity contribution in [3.8, 4) is 6.07 Å². The first-order valence-electron chi connectivity index (χ1n) is 7.55. The summed E-state index contributed by atoms with van der Waals surface area (Å²) >= 11 is 0.173. The van der Waals surface area contributed by atoms with Gasteiger partial charge in [-0.2, -0.15) is 0 Å². The van der Waals surface area contributed by atoms with Gasteiger partial charge in [-0.3, -0.25) is 0 Å². The fourth-order valence-corrected chi connectivity index (χ4v) is 5.83. The van der Waals surface area contributed by atoms with E-state index in [1.165, 1.54) is 4.46 Å². The molecule has 1 aromatic carbocycles. The molecule has 21 heavy (non-hydrogen) atoms. The fraction of sp³-hybridized carbons (Fsp3) is 0.588. The van der Waals surface area contributed by atoms with Crippen LogP contribution in [0.5, 0.6) is 0 Å². The van der Waals surface area contributed by atoms with Crippen LogP contribution in [0.1, 0.15) is 39.5 Å². The second kappa shape index (κ2) is 7.42. The third kappa shape index (κ3) is 3.87. The molecule has 4 heteroatoms. The van der Waals surface area contributed by atoms with E-state index in [1.807, 2.05) is 18.2 Å². The molecule has 4 atom stereocenters. The molecular formula is C17H23NO2Se. The van der Waals surface area contributed by atoms with Crippen molar-refractivity contribution in [2.45, 2.75) is 62.2 Å². The number of hydrogen-bond donors (Lipinski definition) is 1. The molecule has 0 bridgehead atoms. The minimum absolute atomic E-state index is 0.149. The van der Waals surface area contributed by atoms with E-state index in [0.717, 1.165) is 12.8 Å². The van der Waals surface area contributed by atoms with Gasteiger partial charge in [0.05, 0.1) is 0 Å². The predicted molar refractivity (Wildman–Crippen MR) is 84.6 cm³/mol. The Balaban J connectivity index is 2.16. The van der Waals surface area contributed by atoms with Gasteiger partial charge in [-0.15, -0.1) is 0 Å². The molecule has 1 N–H and O–H groups in total. The number of nitriles is 1. The molecule has 0 aromatic heterocycles. The molecule has 0 spiro atoms. The van der Waals surface area contributed by atoms with Gasteiger partial charge in [0, 0.05) is 0 Å². The zero-order valence-corrected chi connectivity index (χ0v) is 14.4. The summed E-state index contributed by atoms with van der Waals surface area (Å²) in [6.45, 7) is 4.28. The topological polar surface area (TPSA) is 53.2 Å². The first kappa shape index (κ1) is 16.5. The number of benzene rings is 1. The van der Waals surface area contributed by atoms with Crippen LogP contribution in [0.3, 0.4) is 0 Å². The molecule has 3 nitrogen and oxygen atoms in total. The monoisotopic (exact) mass is 353 g/mol. The van der Waals surface area contributed by atoms with Crippen LogP contribution in [0.15, 0.2) is 30.3 Å². The van der Waals surface area contributed by atoms with E-state index in [0.29, 0.717) is 12.8 Å².